The average molecular weight is 968 g/mol. The summed E-state index contributed by atoms with van der Waals surface area (Å²) in [6.07, 6.45) is 71.6. The number of unbranched alkanes of at least 4 members (excludes halogenated alkanes) is 36. The summed E-state index contributed by atoms with van der Waals surface area (Å²) in [4.78, 5) is 37.8. The highest BCUT2D eigenvalue weighted by atomic mass is 16.6. The van der Waals surface area contributed by atoms with Gasteiger partial charge in [-0.25, -0.2) is 0 Å². The maximum atomic E-state index is 12.8. The number of carbonyl (C=O) groups is 3. The summed E-state index contributed by atoms with van der Waals surface area (Å²) >= 11 is 0. The van der Waals surface area contributed by atoms with E-state index in [-0.39, 0.29) is 31.1 Å². The summed E-state index contributed by atoms with van der Waals surface area (Å²) in [5, 5.41) is 0. The Morgan fingerprint density at radius 3 is 0.826 bits per heavy atom. The molecule has 0 aliphatic carbocycles. The van der Waals surface area contributed by atoms with Crippen LogP contribution >= 0.6 is 0 Å². The first-order valence-corrected chi connectivity index (χ1v) is 30.1. The molecule has 0 heterocycles. The second-order valence-electron chi connectivity index (χ2n) is 20.3. The zero-order chi connectivity index (χ0) is 50.0. The number of esters is 3. The molecule has 6 heteroatoms. The Morgan fingerprint density at radius 1 is 0.290 bits per heavy atom. The highest BCUT2D eigenvalue weighted by molar-refractivity contribution is 5.71. The van der Waals surface area contributed by atoms with Crippen molar-refractivity contribution in [3.8, 4) is 0 Å². The van der Waals surface area contributed by atoms with Crippen molar-refractivity contribution in [1.29, 1.82) is 0 Å². The van der Waals surface area contributed by atoms with Crippen LogP contribution in [0.5, 0.6) is 0 Å². The number of ether oxygens (including phenoxy) is 3. The molecule has 1 atom stereocenters. The van der Waals surface area contributed by atoms with Crippen LogP contribution in [0.3, 0.4) is 0 Å². The van der Waals surface area contributed by atoms with Gasteiger partial charge in [-0.2, -0.15) is 0 Å². The molecule has 0 rings (SSSR count). The number of hydrogen-bond acceptors (Lipinski definition) is 6. The zero-order valence-corrected chi connectivity index (χ0v) is 46.1. The van der Waals surface area contributed by atoms with Crippen LogP contribution in [0.4, 0.5) is 0 Å². The monoisotopic (exact) mass is 967 g/mol. The molecule has 0 radical (unpaired) electrons. The van der Waals surface area contributed by atoms with Gasteiger partial charge in [0, 0.05) is 19.3 Å². The molecule has 0 aromatic carbocycles. The second kappa shape index (κ2) is 57.9. The van der Waals surface area contributed by atoms with Gasteiger partial charge in [-0.15, -0.1) is 0 Å². The van der Waals surface area contributed by atoms with Crippen LogP contribution < -0.4 is 0 Å². The fraction of sp³-hybridized carbons (Fsp3) is 0.825. The van der Waals surface area contributed by atoms with Gasteiger partial charge >= 0.3 is 17.9 Å². The van der Waals surface area contributed by atoms with Crippen LogP contribution in [0, 0.1) is 0 Å². The molecule has 0 aromatic rings. The van der Waals surface area contributed by atoms with E-state index in [4.69, 9.17) is 14.2 Å². The van der Waals surface area contributed by atoms with Crippen molar-refractivity contribution in [3.05, 3.63) is 48.6 Å². The lowest BCUT2D eigenvalue weighted by Gasteiger charge is -2.18. The maximum absolute atomic E-state index is 12.8. The van der Waals surface area contributed by atoms with E-state index in [0.29, 0.717) is 19.3 Å². The molecule has 0 N–H and O–H groups in total. The normalized spacial score (nSPS) is 12.3. The largest absolute Gasteiger partial charge is 0.462 e. The molecule has 0 aromatic heterocycles. The van der Waals surface area contributed by atoms with Gasteiger partial charge in [-0.05, 0) is 83.5 Å². The van der Waals surface area contributed by atoms with E-state index in [1.165, 1.54) is 199 Å². The average Bonchev–Trinajstić information content (AvgIpc) is 3.35. The van der Waals surface area contributed by atoms with Crippen molar-refractivity contribution in [2.45, 2.75) is 322 Å². The standard InChI is InChI=1S/C63H114O6/c1-4-7-10-13-15-17-19-21-23-25-27-28-29-30-31-32-33-34-36-37-39-41-43-45-47-50-53-56-62(65)68-59-60(58-67-61(64)55-52-49-12-9-6-3)69-63(66)57-54-51-48-46-44-42-40-38-35-26-24-22-20-18-16-14-11-8-5-2/h16,18-19,21-22,24-25,27,60H,4-15,17,20,23,26,28-59H2,1-3H3/b18-16-,21-19-,24-22-,27-25-. The Labute approximate surface area is 428 Å². The minimum atomic E-state index is -0.770. The first-order chi connectivity index (χ1) is 34.0. The highest BCUT2D eigenvalue weighted by Crippen LogP contribution is 2.16. The van der Waals surface area contributed by atoms with Crippen LogP contribution in [-0.4, -0.2) is 37.2 Å². The first-order valence-electron chi connectivity index (χ1n) is 30.1. The summed E-state index contributed by atoms with van der Waals surface area (Å²) < 4.78 is 16.7. The molecular formula is C63H114O6. The van der Waals surface area contributed by atoms with Crippen molar-refractivity contribution in [3.63, 3.8) is 0 Å². The quantitative estimate of drug-likeness (QED) is 0.0262. The van der Waals surface area contributed by atoms with Crippen LogP contribution in [-0.2, 0) is 28.6 Å². The predicted octanol–water partition coefficient (Wildman–Crippen LogP) is 20.2. The van der Waals surface area contributed by atoms with Crippen LogP contribution in [0.1, 0.15) is 316 Å². The second-order valence-corrected chi connectivity index (χ2v) is 20.3. The van der Waals surface area contributed by atoms with Crippen molar-refractivity contribution in [1.82, 2.24) is 0 Å². The fourth-order valence-electron chi connectivity index (χ4n) is 8.74. The molecule has 0 aliphatic rings. The maximum Gasteiger partial charge on any atom is 0.306 e. The van der Waals surface area contributed by atoms with Gasteiger partial charge in [0.05, 0.1) is 0 Å². The van der Waals surface area contributed by atoms with Gasteiger partial charge in [0.2, 0.25) is 0 Å². The molecule has 0 fully saturated rings. The smallest absolute Gasteiger partial charge is 0.306 e. The Bertz CT molecular complexity index is 1200. The Hall–Kier alpha value is -2.63. The van der Waals surface area contributed by atoms with E-state index in [9.17, 15) is 14.4 Å². The third-order valence-corrected chi connectivity index (χ3v) is 13.3. The van der Waals surface area contributed by atoms with Gasteiger partial charge in [-0.1, -0.05) is 262 Å². The number of allylic oxidation sites excluding steroid dienone is 8. The fourth-order valence-corrected chi connectivity index (χ4v) is 8.74. The summed E-state index contributed by atoms with van der Waals surface area (Å²) in [6.45, 7) is 6.55. The Kier molecular flexibility index (Phi) is 55.7. The van der Waals surface area contributed by atoms with Gasteiger partial charge in [-0.3, -0.25) is 14.4 Å². The summed E-state index contributed by atoms with van der Waals surface area (Å²) in [7, 11) is 0. The SMILES string of the molecule is CCCCC/C=C\C/C=C\CCCCCCCCCCCC(=O)OC(COC(=O)CCCCCCC)COC(=O)CCCCCCCCCCCCCCCCC/C=C\C/C=C\CCCCCCC. The van der Waals surface area contributed by atoms with Crippen molar-refractivity contribution < 1.29 is 28.6 Å². The molecule has 6 nitrogen and oxygen atoms in total. The van der Waals surface area contributed by atoms with E-state index < -0.39 is 6.10 Å². The third kappa shape index (κ3) is 56.2. The Morgan fingerprint density at radius 2 is 0.522 bits per heavy atom. The number of rotatable bonds is 55. The molecule has 0 saturated heterocycles. The molecule has 69 heavy (non-hydrogen) atoms. The van der Waals surface area contributed by atoms with Gasteiger partial charge < -0.3 is 14.2 Å². The lowest BCUT2D eigenvalue weighted by Crippen LogP contribution is -2.30. The van der Waals surface area contributed by atoms with Gasteiger partial charge in [0.25, 0.3) is 0 Å². The molecule has 1 unspecified atom stereocenters. The Balaban J connectivity index is 4.02. The number of hydrogen-bond donors (Lipinski definition) is 0. The highest BCUT2D eigenvalue weighted by Gasteiger charge is 2.19. The molecule has 0 saturated carbocycles. The van der Waals surface area contributed by atoms with Crippen molar-refractivity contribution in [2.75, 3.05) is 13.2 Å². The molecule has 0 bridgehead atoms. The molecule has 0 spiro atoms. The van der Waals surface area contributed by atoms with Crippen LogP contribution in [0.15, 0.2) is 48.6 Å². The first kappa shape index (κ1) is 66.4. The topological polar surface area (TPSA) is 78.9 Å². The van der Waals surface area contributed by atoms with Crippen LogP contribution in [0.2, 0.25) is 0 Å². The van der Waals surface area contributed by atoms with Gasteiger partial charge in [0.15, 0.2) is 6.10 Å². The van der Waals surface area contributed by atoms with E-state index in [1.54, 1.807) is 0 Å². The molecule has 0 amide bonds. The van der Waals surface area contributed by atoms with Gasteiger partial charge in [0.1, 0.15) is 13.2 Å². The van der Waals surface area contributed by atoms with Crippen molar-refractivity contribution in [2.24, 2.45) is 0 Å². The lowest BCUT2D eigenvalue weighted by atomic mass is 10.0. The lowest BCUT2D eigenvalue weighted by molar-refractivity contribution is -0.167. The minimum Gasteiger partial charge on any atom is -0.462 e. The van der Waals surface area contributed by atoms with E-state index in [1.807, 2.05) is 0 Å². The van der Waals surface area contributed by atoms with Crippen molar-refractivity contribution >= 4 is 17.9 Å². The predicted molar refractivity (Wildman–Crippen MR) is 298 cm³/mol. The molecule has 0 aliphatic heterocycles. The molecular weight excluding hydrogens is 853 g/mol. The number of carbonyl (C=O) groups excluding carboxylic acids is 3. The van der Waals surface area contributed by atoms with E-state index >= 15 is 0 Å². The summed E-state index contributed by atoms with van der Waals surface area (Å²) in [6, 6.07) is 0. The third-order valence-electron chi connectivity index (χ3n) is 13.3. The van der Waals surface area contributed by atoms with Crippen LogP contribution in [0.25, 0.3) is 0 Å². The minimum absolute atomic E-state index is 0.0726. The summed E-state index contributed by atoms with van der Waals surface area (Å²) in [5.74, 6) is -0.878. The molecule has 402 valence electrons. The summed E-state index contributed by atoms with van der Waals surface area (Å²) in [5.41, 5.74) is 0. The van der Waals surface area contributed by atoms with E-state index in [0.717, 1.165) is 77.0 Å². The zero-order valence-electron chi connectivity index (χ0n) is 46.1. The van der Waals surface area contributed by atoms with E-state index in [2.05, 4.69) is 69.4 Å².